The first kappa shape index (κ1) is 21.0. The third kappa shape index (κ3) is 5.59. The summed E-state index contributed by atoms with van der Waals surface area (Å²) >= 11 is 0. The maximum atomic E-state index is 13.4. The van der Waals surface area contributed by atoms with Crippen molar-refractivity contribution in [3.8, 4) is 5.75 Å². The highest BCUT2D eigenvalue weighted by Crippen LogP contribution is 2.19. The molecule has 144 valence electrons. The van der Waals surface area contributed by atoms with Crippen LogP contribution in [0.3, 0.4) is 0 Å². The molecule has 1 heterocycles. The molecule has 3 aromatic rings. The van der Waals surface area contributed by atoms with Gasteiger partial charge in [0.25, 0.3) is 0 Å². The molecule has 3 N–H and O–H groups in total. The van der Waals surface area contributed by atoms with Crippen molar-refractivity contribution in [2.75, 3.05) is 20.7 Å². The molecule has 0 saturated heterocycles. The Bertz CT molecular complexity index is 910. The summed E-state index contributed by atoms with van der Waals surface area (Å²) in [4.78, 5) is 7.41. The van der Waals surface area contributed by atoms with Gasteiger partial charge in [-0.25, -0.2) is 4.39 Å². The molecular weight excluding hydrogens is 458 g/mol. The van der Waals surface area contributed by atoms with Crippen molar-refractivity contribution in [3.63, 3.8) is 0 Å². The van der Waals surface area contributed by atoms with Crippen molar-refractivity contribution in [1.82, 2.24) is 15.6 Å². The van der Waals surface area contributed by atoms with Crippen LogP contribution in [-0.4, -0.2) is 31.6 Å². The van der Waals surface area contributed by atoms with E-state index in [0.29, 0.717) is 13.1 Å². The summed E-state index contributed by atoms with van der Waals surface area (Å²) in [5.74, 6) is 1.33. The molecule has 3 rings (SSSR count). The van der Waals surface area contributed by atoms with Gasteiger partial charge < -0.3 is 20.4 Å². The van der Waals surface area contributed by atoms with Gasteiger partial charge in [0, 0.05) is 37.2 Å². The Balaban J connectivity index is 0.00000261. The average molecular weight is 482 g/mol. The Hall–Kier alpha value is -2.29. The van der Waals surface area contributed by atoms with E-state index in [4.69, 9.17) is 4.74 Å². The number of nitrogens with zero attached hydrogens (tertiary/aromatic N) is 1. The van der Waals surface area contributed by atoms with E-state index in [1.54, 1.807) is 26.3 Å². The van der Waals surface area contributed by atoms with Gasteiger partial charge in [-0.15, -0.1) is 24.0 Å². The lowest BCUT2D eigenvalue weighted by molar-refractivity contribution is 0.414. The maximum Gasteiger partial charge on any atom is 0.191 e. The molecule has 7 heteroatoms. The van der Waals surface area contributed by atoms with Gasteiger partial charge in [-0.05, 0) is 47.9 Å². The highest BCUT2D eigenvalue weighted by Gasteiger charge is 2.05. The summed E-state index contributed by atoms with van der Waals surface area (Å²) in [5, 5.41) is 7.49. The minimum Gasteiger partial charge on any atom is -0.497 e. The van der Waals surface area contributed by atoms with E-state index < -0.39 is 0 Å². The van der Waals surface area contributed by atoms with Crippen LogP contribution in [0.1, 0.15) is 11.1 Å². The summed E-state index contributed by atoms with van der Waals surface area (Å²) in [7, 11) is 3.39. The molecule has 0 fully saturated rings. The van der Waals surface area contributed by atoms with Gasteiger partial charge in [0.05, 0.1) is 7.11 Å². The van der Waals surface area contributed by atoms with Gasteiger partial charge in [-0.1, -0.05) is 12.1 Å². The number of benzene rings is 2. The number of aromatic nitrogens is 1. The predicted molar refractivity (Wildman–Crippen MR) is 119 cm³/mol. The smallest absolute Gasteiger partial charge is 0.191 e. The molecule has 0 spiro atoms. The lowest BCUT2D eigenvalue weighted by Crippen LogP contribution is -2.37. The van der Waals surface area contributed by atoms with Gasteiger partial charge in [0.2, 0.25) is 0 Å². The van der Waals surface area contributed by atoms with Gasteiger partial charge >= 0.3 is 0 Å². The van der Waals surface area contributed by atoms with E-state index >= 15 is 0 Å². The molecule has 0 aliphatic carbocycles. The van der Waals surface area contributed by atoms with E-state index in [1.165, 1.54) is 6.07 Å². The highest BCUT2D eigenvalue weighted by molar-refractivity contribution is 14.0. The number of halogens is 2. The van der Waals surface area contributed by atoms with Gasteiger partial charge in [0.1, 0.15) is 11.6 Å². The molecule has 0 unspecified atom stereocenters. The number of hydrogen-bond donors (Lipinski definition) is 3. The Morgan fingerprint density at radius 3 is 2.81 bits per heavy atom. The zero-order valence-electron chi connectivity index (χ0n) is 15.4. The number of guanidine groups is 1. The first-order valence-corrected chi connectivity index (χ1v) is 8.52. The lowest BCUT2D eigenvalue weighted by atomic mass is 10.1. The van der Waals surface area contributed by atoms with Crippen LogP contribution in [0.2, 0.25) is 0 Å². The van der Waals surface area contributed by atoms with Crippen molar-refractivity contribution < 1.29 is 9.13 Å². The molecule has 0 aliphatic heterocycles. The SMILES string of the molecule is CN=C(NCCc1c[nH]c2ccc(F)cc12)NCc1cccc(OC)c1.I. The van der Waals surface area contributed by atoms with Gasteiger partial charge in [-0.2, -0.15) is 0 Å². The average Bonchev–Trinajstić information content (AvgIpc) is 3.06. The Kier molecular flexibility index (Phi) is 7.90. The Morgan fingerprint density at radius 1 is 1.19 bits per heavy atom. The van der Waals surface area contributed by atoms with Crippen LogP contribution in [0.4, 0.5) is 4.39 Å². The van der Waals surface area contributed by atoms with Crippen molar-refractivity contribution >= 4 is 40.8 Å². The number of methoxy groups -OCH3 is 1. The number of aromatic amines is 1. The first-order valence-electron chi connectivity index (χ1n) is 8.52. The minimum atomic E-state index is -0.220. The molecule has 0 bridgehead atoms. The fraction of sp³-hybridized carbons (Fsp3) is 0.250. The second-order valence-electron chi connectivity index (χ2n) is 5.96. The van der Waals surface area contributed by atoms with E-state index in [9.17, 15) is 4.39 Å². The van der Waals surface area contributed by atoms with Crippen LogP contribution < -0.4 is 15.4 Å². The summed E-state index contributed by atoms with van der Waals surface area (Å²) in [6.07, 6.45) is 2.70. The number of rotatable bonds is 6. The highest BCUT2D eigenvalue weighted by atomic mass is 127. The standard InChI is InChI=1S/C20H23FN4O.HI/c1-22-20(25-12-14-4-3-5-17(10-14)26-2)23-9-8-15-13-24-19-7-6-16(21)11-18(15)19;/h3-7,10-11,13,24H,8-9,12H2,1-2H3,(H2,22,23,25);1H. The maximum absolute atomic E-state index is 13.4. The minimum absolute atomic E-state index is 0. The zero-order valence-corrected chi connectivity index (χ0v) is 17.7. The quantitative estimate of drug-likeness (QED) is 0.284. The summed E-state index contributed by atoms with van der Waals surface area (Å²) < 4.78 is 18.7. The number of fused-ring (bicyclic) bond motifs is 1. The molecule has 2 aromatic carbocycles. The van der Waals surface area contributed by atoms with Crippen molar-refractivity contribution in [3.05, 3.63) is 65.6 Å². The van der Waals surface area contributed by atoms with Crippen LogP contribution in [0, 0.1) is 5.82 Å². The number of H-pyrrole nitrogens is 1. The molecule has 0 saturated carbocycles. The van der Waals surface area contributed by atoms with E-state index in [-0.39, 0.29) is 29.8 Å². The van der Waals surface area contributed by atoms with Crippen LogP contribution >= 0.6 is 24.0 Å². The molecule has 5 nitrogen and oxygen atoms in total. The third-order valence-electron chi connectivity index (χ3n) is 4.23. The van der Waals surface area contributed by atoms with Gasteiger partial charge in [-0.3, -0.25) is 4.99 Å². The monoisotopic (exact) mass is 482 g/mol. The molecule has 0 aliphatic rings. The van der Waals surface area contributed by atoms with Gasteiger partial charge in [0.15, 0.2) is 5.96 Å². The number of hydrogen-bond acceptors (Lipinski definition) is 2. The number of aliphatic imine (C=N–C) groups is 1. The van der Waals surface area contributed by atoms with Crippen molar-refractivity contribution in [2.24, 2.45) is 4.99 Å². The predicted octanol–water partition coefficient (Wildman–Crippen LogP) is 3.84. The molecular formula is C20H24FIN4O. The van der Waals surface area contributed by atoms with Crippen LogP contribution in [-0.2, 0) is 13.0 Å². The lowest BCUT2D eigenvalue weighted by Gasteiger charge is -2.12. The molecule has 27 heavy (non-hydrogen) atoms. The van der Waals surface area contributed by atoms with Crippen LogP contribution in [0.5, 0.6) is 5.75 Å². The van der Waals surface area contributed by atoms with Crippen LogP contribution in [0.15, 0.2) is 53.7 Å². The summed E-state index contributed by atoms with van der Waals surface area (Å²) in [6, 6.07) is 12.7. The number of nitrogens with one attached hydrogen (secondary N) is 3. The molecule has 0 radical (unpaired) electrons. The second kappa shape index (κ2) is 10.1. The largest absolute Gasteiger partial charge is 0.497 e. The Morgan fingerprint density at radius 2 is 2.04 bits per heavy atom. The fourth-order valence-corrected chi connectivity index (χ4v) is 2.86. The second-order valence-corrected chi connectivity index (χ2v) is 5.96. The van der Waals surface area contributed by atoms with Crippen molar-refractivity contribution in [2.45, 2.75) is 13.0 Å². The zero-order chi connectivity index (χ0) is 18.4. The van der Waals surface area contributed by atoms with E-state index in [0.717, 1.165) is 40.2 Å². The summed E-state index contributed by atoms with van der Waals surface area (Å²) in [5.41, 5.74) is 3.14. The summed E-state index contributed by atoms with van der Waals surface area (Å²) in [6.45, 7) is 1.34. The fourth-order valence-electron chi connectivity index (χ4n) is 2.86. The first-order chi connectivity index (χ1) is 12.7. The third-order valence-corrected chi connectivity index (χ3v) is 4.23. The van der Waals surface area contributed by atoms with Crippen LogP contribution in [0.25, 0.3) is 10.9 Å². The molecule has 0 atom stereocenters. The van der Waals surface area contributed by atoms with Crippen molar-refractivity contribution in [1.29, 1.82) is 0 Å². The Labute approximate surface area is 175 Å². The molecule has 0 amide bonds. The number of ether oxygens (including phenoxy) is 1. The van der Waals surface area contributed by atoms with E-state index in [2.05, 4.69) is 20.6 Å². The normalized spacial score (nSPS) is 11.1. The van der Waals surface area contributed by atoms with E-state index in [1.807, 2.05) is 30.5 Å². The topological polar surface area (TPSA) is 61.4 Å². The molecule has 1 aromatic heterocycles.